The zero-order valence-electron chi connectivity index (χ0n) is 28.0. The van der Waals surface area contributed by atoms with Crippen LogP contribution in [0.2, 0.25) is 0 Å². The summed E-state index contributed by atoms with van der Waals surface area (Å²) in [5, 5.41) is 12.7. The lowest BCUT2D eigenvalue weighted by Crippen LogP contribution is -2.83. The average molecular weight is 675 g/mol. The summed E-state index contributed by atoms with van der Waals surface area (Å²) >= 11 is 0. The molecule has 1 spiro atoms. The molecule has 2 bridgehead atoms. The fraction of sp³-hybridized carbons (Fsp3) is 0.618. The van der Waals surface area contributed by atoms with Gasteiger partial charge in [-0.15, -0.1) is 0 Å². The summed E-state index contributed by atoms with van der Waals surface area (Å²) in [5.41, 5.74) is -7.21. The van der Waals surface area contributed by atoms with Crippen LogP contribution in [0.25, 0.3) is 0 Å². The summed E-state index contributed by atoms with van der Waals surface area (Å²) in [7, 11) is 0. The first-order valence-corrected chi connectivity index (χ1v) is 15.9. The molecule has 14 nitrogen and oxygen atoms in total. The van der Waals surface area contributed by atoms with Crippen molar-refractivity contribution in [2.45, 2.75) is 109 Å². The average Bonchev–Trinajstić information content (AvgIpc) is 3.76. The molecule has 0 radical (unpaired) electrons. The Morgan fingerprint density at radius 3 is 2.02 bits per heavy atom. The number of carbonyl (C=O) groups excluding carboxylic acids is 5. The molecular formula is C34H42O14. The van der Waals surface area contributed by atoms with Crippen molar-refractivity contribution in [2.24, 2.45) is 17.3 Å². The minimum atomic E-state index is -2.07. The van der Waals surface area contributed by atoms with E-state index in [2.05, 4.69) is 0 Å². The summed E-state index contributed by atoms with van der Waals surface area (Å²) < 4.78 is 47.2. The lowest BCUT2D eigenvalue weighted by atomic mass is 9.46. The highest BCUT2D eigenvalue weighted by molar-refractivity contribution is 5.89. The van der Waals surface area contributed by atoms with Crippen molar-refractivity contribution >= 4 is 29.8 Å². The van der Waals surface area contributed by atoms with Crippen LogP contribution in [0.15, 0.2) is 46.0 Å². The largest absolute Gasteiger partial charge is 0.472 e. The molecule has 2 aliphatic carbocycles. The van der Waals surface area contributed by atoms with Gasteiger partial charge in [0, 0.05) is 26.2 Å². The molecule has 0 unspecified atom stereocenters. The van der Waals surface area contributed by atoms with Crippen molar-refractivity contribution in [1.82, 2.24) is 0 Å². The molecule has 14 heteroatoms. The normalized spacial score (nSPS) is 33.9. The Bertz CT molecular complexity index is 1520. The van der Waals surface area contributed by atoms with Gasteiger partial charge < -0.3 is 42.4 Å². The second kappa shape index (κ2) is 12.7. The third kappa shape index (κ3) is 5.68. The molecule has 3 heterocycles. The monoisotopic (exact) mass is 674 g/mol. The van der Waals surface area contributed by atoms with E-state index in [4.69, 9.17) is 37.3 Å². The standard InChI is InChI=1S/C34H42O14/c1-8-18(2)28(37)47-27-24(45-29(38)21-9-11-41-15-21)14-32(7,40)34-26(44-20(4)36)23(31(5,6)48-34)13-25(33(27,34)17-43-19(3)35)46-30(39)22-10-12-42-16-22/h9-12,15-16,18,23-27,40H,8,13-14,17H2,1-7H3/t18-,23+,24-,25-,26+,27+,32-,33+,34-/m0/s1. The fourth-order valence-electron chi connectivity index (χ4n) is 7.80. The highest BCUT2D eigenvalue weighted by Crippen LogP contribution is 2.69. The summed E-state index contributed by atoms with van der Waals surface area (Å²) in [6.45, 7) is 10.0. The van der Waals surface area contributed by atoms with Crippen LogP contribution >= 0.6 is 0 Å². The molecule has 2 aromatic heterocycles. The van der Waals surface area contributed by atoms with E-state index < -0.39 is 94.9 Å². The van der Waals surface area contributed by atoms with Crippen molar-refractivity contribution in [3.05, 3.63) is 48.3 Å². The molecule has 0 amide bonds. The minimum Gasteiger partial charge on any atom is -0.472 e. The molecule has 48 heavy (non-hydrogen) atoms. The van der Waals surface area contributed by atoms with Crippen LogP contribution in [0.3, 0.4) is 0 Å². The van der Waals surface area contributed by atoms with Gasteiger partial charge in [-0.05, 0) is 45.7 Å². The number of hydrogen-bond donors (Lipinski definition) is 1. The summed E-state index contributed by atoms with van der Waals surface area (Å²) in [6, 6.07) is 2.77. The van der Waals surface area contributed by atoms with E-state index in [-0.39, 0.29) is 24.0 Å². The van der Waals surface area contributed by atoms with Gasteiger partial charge in [-0.3, -0.25) is 14.4 Å². The molecule has 5 rings (SSSR count). The number of fused-ring (bicyclic) bond motifs is 1. The first kappa shape index (κ1) is 35.1. The number of rotatable bonds is 10. The second-order valence-corrected chi connectivity index (χ2v) is 13.6. The molecule has 1 saturated heterocycles. The maximum atomic E-state index is 13.7. The van der Waals surface area contributed by atoms with Crippen molar-refractivity contribution < 1.29 is 66.3 Å². The van der Waals surface area contributed by atoms with Crippen LogP contribution in [0, 0.1) is 17.3 Å². The van der Waals surface area contributed by atoms with Crippen LogP contribution in [-0.4, -0.2) is 82.8 Å². The van der Waals surface area contributed by atoms with Gasteiger partial charge in [0.15, 0.2) is 11.7 Å². The van der Waals surface area contributed by atoms with Crippen LogP contribution in [0.1, 0.15) is 88.4 Å². The number of aliphatic hydroxyl groups is 1. The zero-order chi connectivity index (χ0) is 35.2. The fourth-order valence-corrected chi connectivity index (χ4v) is 7.80. The van der Waals surface area contributed by atoms with Gasteiger partial charge in [-0.1, -0.05) is 13.8 Å². The van der Waals surface area contributed by atoms with E-state index in [0.717, 1.165) is 6.92 Å². The molecule has 3 fully saturated rings. The van der Waals surface area contributed by atoms with E-state index in [1.165, 1.54) is 51.0 Å². The topological polar surface area (TPSA) is 187 Å². The molecule has 2 saturated carbocycles. The van der Waals surface area contributed by atoms with Gasteiger partial charge in [0.2, 0.25) is 0 Å². The number of ether oxygens (including phenoxy) is 6. The molecular weight excluding hydrogens is 632 g/mol. The summed E-state index contributed by atoms with van der Waals surface area (Å²) in [6.07, 6.45) is -0.729. The molecule has 1 aliphatic heterocycles. The quantitative estimate of drug-likeness (QED) is 0.283. The molecule has 262 valence electrons. The van der Waals surface area contributed by atoms with E-state index in [9.17, 15) is 29.1 Å². The first-order chi connectivity index (χ1) is 22.5. The highest BCUT2D eigenvalue weighted by atomic mass is 16.6. The first-order valence-electron chi connectivity index (χ1n) is 15.9. The Morgan fingerprint density at radius 1 is 0.896 bits per heavy atom. The smallest absolute Gasteiger partial charge is 0.341 e. The van der Waals surface area contributed by atoms with E-state index in [1.54, 1.807) is 27.7 Å². The van der Waals surface area contributed by atoms with Crippen molar-refractivity contribution in [2.75, 3.05) is 6.61 Å². The van der Waals surface area contributed by atoms with Crippen LogP contribution < -0.4 is 0 Å². The second-order valence-electron chi connectivity index (χ2n) is 13.6. The van der Waals surface area contributed by atoms with Gasteiger partial charge in [0.25, 0.3) is 0 Å². The predicted octanol–water partition coefficient (Wildman–Crippen LogP) is 3.78. The summed E-state index contributed by atoms with van der Waals surface area (Å²) in [5.74, 6) is -5.18. The van der Waals surface area contributed by atoms with Crippen molar-refractivity contribution in [1.29, 1.82) is 0 Å². The van der Waals surface area contributed by atoms with Crippen molar-refractivity contribution in [3.63, 3.8) is 0 Å². The SMILES string of the molecule is CC[C@H](C)C(=O)O[C@@H]1[C@@H](OC(=O)c2ccoc2)C[C@](C)(O)[C@]23OC(C)(C)[C@H](C[C@H](OC(=O)c4ccoc4)[C@]12COC(C)=O)[C@H]3OC(C)=O. The minimum absolute atomic E-state index is 0.0404. The van der Waals surface area contributed by atoms with Gasteiger partial charge in [-0.25, -0.2) is 9.59 Å². The molecule has 2 aromatic rings. The van der Waals surface area contributed by atoms with Gasteiger partial charge in [-0.2, -0.15) is 0 Å². The maximum absolute atomic E-state index is 13.7. The number of carbonyl (C=O) groups is 5. The van der Waals surface area contributed by atoms with Crippen LogP contribution in [0.5, 0.6) is 0 Å². The molecule has 1 N–H and O–H groups in total. The van der Waals surface area contributed by atoms with E-state index >= 15 is 0 Å². The predicted molar refractivity (Wildman–Crippen MR) is 161 cm³/mol. The van der Waals surface area contributed by atoms with Crippen LogP contribution in [-0.2, 0) is 42.8 Å². The van der Waals surface area contributed by atoms with Gasteiger partial charge in [0.1, 0.15) is 42.9 Å². The van der Waals surface area contributed by atoms with Crippen molar-refractivity contribution in [3.8, 4) is 0 Å². The van der Waals surface area contributed by atoms with Gasteiger partial charge >= 0.3 is 29.8 Å². The third-order valence-electron chi connectivity index (χ3n) is 10.1. The lowest BCUT2D eigenvalue weighted by Gasteiger charge is -2.65. The number of hydrogen-bond acceptors (Lipinski definition) is 14. The Labute approximate surface area is 277 Å². The third-order valence-corrected chi connectivity index (χ3v) is 10.1. The zero-order valence-corrected chi connectivity index (χ0v) is 28.0. The molecule has 3 aliphatic rings. The number of furan rings is 2. The lowest BCUT2D eigenvalue weighted by molar-refractivity contribution is -0.355. The Hall–Kier alpha value is -4.17. The van der Waals surface area contributed by atoms with Crippen LogP contribution in [0.4, 0.5) is 0 Å². The highest BCUT2D eigenvalue weighted by Gasteiger charge is 2.86. The number of esters is 5. The van der Waals surface area contributed by atoms with Gasteiger partial charge in [0.05, 0.1) is 40.8 Å². The molecule has 9 atom stereocenters. The maximum Gasteiger partial charge on any atom is 0.341 e. The Balaban J connectivity index is 1.80. The molecule has 0 aromatic carbocycles. The Morgan fingerprint density at radius 2 is 1.50 bits per heavy atom. The summed E-state index contributed by atoms with van der Waals surface area (Å²) in [4.78, 5) is 66.1. The Kier molecular flexibility index (Phi) is 9.30. The van der Waals surface area contributed by atoms with E-state index in [1.807, 2.05) is 0 Å². The van der Waals surface area contributed by atoms with E-state index in [0.29, 0.717) is 6.42 Å².